The molecule has 12 rings (SSSR count). The summed E-state index contributed by atoms with van der Waals surface area (Å²) in [6.45, 7) is 0. The Morgan fingerprint density at radius 1 is 0.382 bits per heavy atom. The van der Waals surface area contributed by atoms with Crippen molar-refractivity contribution >= 4 is 17.0 Å². The molecule has 0 saturated heterocycles. The van der Waals surface area contributed by atoms with Crippen LogP contribution in [0.3, 0.4) is 0 Å². The lowest BCUT2D eigenvalue weighted by atomic mass is 9.81. The number of hydrogen-bond acceptors (Lipinski definition) is 2. The Morgan fingerprint density at radius 3 is 1.66 bits per heavy atom. The van der Waals surface area contributed by atoms with Crippen LogP contribution in [0.1, 0.15) is 58.6 Å². The Balaban J connectivity index is 0.949. The Kier molecular flexibility index (Phi) is 11.1. The van der Waals surface area contributed by atoms with Gasteiger partial charge in [0, 0.05) is 11.5 Å². The van der Waals surface area contributed by atoms with Gasteiger partial charge in [-0.3, -0.25) is 4.99 Å². The van der Waals surface area contributed by atoms with Crippen LogP contribution in [0.15, 0.2) is 248 Å². The second-order valence-corrected chi connectivity index (χ2v) is 18.5. The Hall–Kier alpha value is -8.07. The molecule has 1 N–H and O–H groups in total. The largest absolute Gasteiger partial charge is 0.363 e. The molecule has 0 radical (unpaired) electrons. The van der Waals surface area contributed by atoms with Gasteiger partial charge >= 0.3 is 0 Å². The summed E-state index contributed by atoms with van der Waals surface area (Å²) >= 11 is 0. The lowest BCUT2D eigenvalue weighted by Gasteiger charge is -2.24. The van der Waals surface area contributed by atoms with Crippen LogP contribution < -0.4 is 5.32 Å². The maximum absolute atomic E-state index is 5.47. The van der Waals surface area contributed by atoms with E-state index in [9.17, 15) is 0 Å². The third-order valence-electron chi connectivity index (χ3n) is 14.4. The normalized spacial score (nSPS) is 18.9. The molecule has 2 aliphatic carbocycles. The number of fused-ring (bicyclic) bond motifs is 10. The number of aryl methyl sites for hydroxylation is 1. The van der Waals surface area contributed by atoms with E-state index in [0.29, 0.717) is 0 Å². The highest BCUT2D eigenvalue weighted by molar-refractivity contribution is 6.02. The van der Waals surface area contributed by atoms with E-state index in [1.54, 1.807) is 0 Å². The predicted molar refractivity (Wildman–Crippen MR) is 286 cm³/mol. The molecule has 0 saturated carbocycles. The van der Waals surface area contributed by atoms with Crippen LogP contribution in [0.4, 0.5) is 0 Å². The third-order valence-corrected chi connectivity index (χ3v) is 14.4. The van der Waals surface area contributed by atoms with Crippen LogP contribution in [-0.2, 0) is 6.42 Å². The number of hydrogen-bond donors (Lipinski definition) is 1. The van der Waals surface area contributed by atoms with Crippen LogP contribution in [0.2, 0.25) is 0 Å². The molecule has 2 nitrogen and oxygen atoms in total. The first kappa shape index (κ1) is 41.4. The second-order valence-electron chi connectivity index (χ2n) is 18.5. The number of aliphatic imine (C=N–C) groups is 1. The molecule has 2 bridgehead atoms. The summed E-state index contributed by atoms with van der Waals surface area (Å²) in [6, 6.07) is 85.3. The number of amidine groups is 1. The van der Waals surface area contributed by atoms with Gasteiger partial charge in [-0.05, 0) is 145 Å². The lowest BCUT2D eigenvalue weighted by molar-refractivity contribution is 0.624. The first-order valence-electron chi connectivity index (χ1n) is 24.3. The highest BCUT2D eigenvalue weighted by atomic mass is 15.0. The number of allylic oxidation sites excluding steroid dienone is 2. The molecular weight excluding hydrogens is 821 g/mol. The van der Waals surface area contributed by atoms with Crippen molar-refractivity contribution in [1.82, 2.24) is 5.32 Å². The van der Waals surface area contributed by atoms with Crippen molar-refractivity contribution in [3.8, 4) is 55.6 Å². The van der Waals surface area contributed by atoms with E-state index in [2.05, 4.69) is 248 Å². The van der Waals surface area contributed by atoms with Gasteiger partial charge in [0.2, 0.25) is 0 Å². The average molecular weight is 873 g/mol. The van der Waals surface area contributed by atoms with Gasteiger partial charge in [-0.15, -0.1) is 0 Å². The topological polar surface area (TPSA) is 24.4 Å². The Bertz CT molecular complexity index is 3380. The van der Waals surface area contributed by atoms with E-state index >= 15 is 0 Å². The van der Waals surface area contributed by atoms with Gasteiger partial charge in [0.15, 0.2) is 0 Å². The molecule has 9 aromatic rings. The van der Waals surface area contributed by atoms with E-state index in [1.807, 2.05) is 0 Å². The van der Waals surface area contributed by atoms with Gasteiger partial charge in [-0.2, -0.15) is 0 Å². The SMILES string of the molecule is C1=C(/c2ccccc2)C2CCC(\C=C/1c1ccccc1)N=C(c1cccc(-c3cccc(-c4ccc5c(c4)-c4ccccc4C(c4ccccc4)CCc4ccccc4-c4ccccc4-5)c3)c1)N2. The average Bonchev–Trinajstić information content (AvgIpc) is 3.59. The van der Waals surface area contributed by atoms with E-state index in [1.165, 1.54) is 94.6 Å². The van der Waals surface area contributed by atoms with Crippen molar-refractivity contribution in [2.45, 2.75) is 43.7 Å². The van der Waals surface area contributed by atoms with Crippen LogP contribution in [0, 0.1) is 0 Å². The van der Waals surface area contributed by atoms with Crippen LogP contribution in [-0.4, -0.2) is 17.9 Å². The predicted octanol–water partition coefficient (Wildman–Crippen LogP) is 16.1. The van der Waals surface area contributed by atoms with Crippen molar-refractivity contribution in [2.75, 3.05) is 0 Å². The fourth-order valence-corrected chi connectivity index (χ4v) is 11.0. The van der Waals surface area contributed by atoms with Crippen molar-refractivity contribution in [1.29, 1.82) is 0 Å². The molecule has 3 unspecified atom stereocenters. The molecule has 3 atom stereocenters. The molecule has 1 aliphatic heterocycles. The molecule has 0 aromatic heterocycles. The number of nitrogens with zero attached hydrogens (tertiary/aromatic N) is 1. The molecular formula is C66H52N2. The fraction of sp³-hybridized carbons (Fsp3) is 0.106. The summed E-state index contributed by atoms with van der Waals surface area (Å²) in [5.74, 6) is 1.18. The quantitative estimate of drug-likeness (QED) is 0.177. The van der Waals surface area contributed by atoms with E-state index in [-0.39, 0.29) is 18.0 Å². The van der Waals surface area contributed by atoms with E-state index in [0.717, 1.165) is 37.1 Å². The summed E-state index contributed by atoms with van der Waals surface area (Å²) in [5, 5.41) is 3.97. The summed E-state index contributed by atoms with van der Waals surface area (Å²) in [6.07, 6.45) is 8.73. The minimum Gasteiger partial charge on any atom is -0.363 e. The second kappa shape index (κ2) is 18.3. The smallest absolute Gasteiger partial charge is 0.129 e. The van der Waals surface area contributed by atoms with Gasteiger partial charge < -0.3 is 5.32 Å². The summed E-state index contributed by atoms with van der Waals surface area (Å²) in [5.41, 5.74) is 22.6. The Labute approximate surface area is 400 Å². The molecule has 0 fully saturated rings. The molecule has 0 spiro atoms. The first-order valence-corrected chi connectivity index (χ1v) is 24.3. The van der Waals surface area contributed by atoms with Crippen molar-refractivity contribution in [3.05, 3.63) is 276 Å². The highest BCUT2D eigenvalue weighted by Crippen LogP contribution is 2.46. The summed E-state index contributed by atoms with van der Waals surface area (Å²) in [7, 11) is 0. The molecule has 9 aromatic carbocycles. The van der Waals surface area contributed by atoms with Gasteiger partial charge in [0.25, 0.3) is 0 Å². The highest BCUT2D eigenvalue weighted by Gasteiger charge is 2.28. The van der Waals surface area contributed by atoms with Crippen LogP contribution in [0.25, 0.3) is 66.8 Å². The van der Waals surface area contributed by atoms with Gasteiger partial charge in [0.05, 0.1) is 12.1 Å². The lowest BCUT2D eigenvalue weighted by Crippen LogP contribution is -2.35. The van der Waals surface area contributed by atoms with E-state index < -0.39 is 0 Å². The zero-order chi connectivity index (χ0) is 45.2. The monoisotopic (exact) mass is 872 g/mol. The molecule has 68 heavy (non-hydrogen) atoms. The van der Waals surface area contributed by atoms with Gasteiger partial charge in [0.1, 0.15) is 5.84 Å². The standard InChI is InChI=1S/C66H52N2/c1-4-18-45(19-5-1)54-42-55-36-39-65(63(44-54)47-22-8-3-9-23-47)68-66(67-55)53-28-17-27-51(41-53)49-25-16-26-50(40-49)52-35-38-62-60-32-14-12-30-58(60)56-29-11-10-24-48(56)34-37-57(46-20-6-2-7-21-46)59-31-13-15-33-61(59)64(62)43-52/h1-33,35,38,40-44,55,57,65H,34,36-37,39H2,(H,67,68)/b54-42+,63-44-. The van der Waals surface area contributed by atoms with Crippen molar-refractivity contribution < 1.29 is 0 Å². The number of nitrogens with one attached hydrogen (secondary N) is 1. The minimum absolute atomic E-state index is 0.0589. The summed E-state index contributed by atoms with van der Waals surface area (Å²) in [4.78, 5) is 5.47. The zero-order valence-corrected chi connectivity index (χ0v) is 38.1. The minimum atomic E-state index is 0.0589. The number of rotatable bonds is 6. The Morgan fingerprint density at radius 2 is 0.926 bits per heavy atom. The maximum Gasteiger partial charge on any atom is 0.129 e. The van der Waals surface area contributed by atoms with Crippen LogP contribution in [0.5, 0.6) is 0 Å². The third kappa shape index (κ3) is 8.13. The molecule has 0 amide bonds. The fourth-order valence-electron chi connectivity index (χ4n) is 11.0. The van der Waals surface area contributed by atoms with Crippen molar-refractivity contribution in [2.24, 2.45) is 4.99 Å². The molecule has 326 valence electrons. The first-order chi connectivity index (χ1) is 33.7. The molecule has 3 aliphatic rings. The van der Waals surface area contributed by atoms with Gasteiger partial charge in [-0.25, -0.2) is 0 Å². The summed E-state index contributed by atoms with van der Waals surface area (Å²) < 4.78 is 0. The number of benzene rings is 9. The van der Waals surface area contributed by atoms with Gasteiger partial charge in [-0.1, -0.05) is 218 Å². The molecule has 2 heteroatoms. The van der Waals surface area contributed by atoms with Crippen LogP contribution >= 0.6 is 0 Å². The van der Waals surface area contributed by atoms with Crippen molar-refractivity contribution in [3.63, 3.8) is 0 Å². The van der Waals surface area contributed by atoms with E-state index in [4.69, 9.17) is 4.99 Å². The zero-order valence-electron chi connectivity index (χ0n) is 38.1. The molecule has 1 heterocycles. The maximum atomic E-state index is 5.47.